The van der Waals surface area contributed by atoms with Crippen LogP contribution in [0.25, 0.3) is 75.8 Å². The molecule has 9 aromatic carbocycles. The Labute approximate surface area is 350 Å². The van der Waals surface area contributed by atoms with Crippen molar-refractivity contribution in [1.82, 2.24) is 0 Å². The molecule has 0 N–H and O–H groups in total. The molecule has 0 unspecified atom stereocenters. The second kappa shape index (κ2) is 14.1. The number of thiophene rings is 1. The third-order valence-electron chi connectivity index (χ3n) is 12.3. The first-order valence-electron chi connectivity index (χ1n) is 20.4. The van der Waals surface area contributed by atoms with Crippen LogP contribution >= 0.6 is 11.3 Å². The first kappa shape index (κ1) is 35.2. The average Bonchev–Trinajstić information content (AvgIpc) is 3.79. The number of fused-ring (bicyclic) bond motifs is 6. The van der Waals surface area contributed by atoms with E-state index in [2.05, 4.69) is 231 Å². The van der Waals surface area contributed by atoms with Gasteiger partial charge in [-0.2, -0.15) is 0 Å². The van der Waals surface area contributed by atoms with Crippen molar-refractivity contribution in [2.24, 2.45) is 0 Å². The van der Waals surface area contributed by atoms with E-state index in [0.717, 1.165) is 17.1 Å². The third-order valence-corrected chi connectivity index (χ3v) is 13.4. The predicted molar refractivity (Wildman–Crippen MR) is 253 cm³/mol. The second-order valence-corrected chi connectivity index (χ2v) is 17.1. The van der Waals surface area contributed by atoms with Crippen LogP contribution in [0.5, 0.6) is 0 Å². The summed E-state index contributed by atoms with van der Waals surface area (Å²) < 4.78 is 2.64. The number of rotatable bonds is 7. The van der Waals surface area contributed by atoms with E-state index in [1.54, 1.807) is 0 Å². The quantitative estimate of drug-likeness (QED) is 0.156. The van der Waals surface area contributed by atoms with E-state index in [-0.39, 0.29) is 5.41 Å². The standard InChI is InChI=1S/C57H41NS/c1-57(2)50-27-13-11-22-46(50)47-36-35-42(37-51(47)57)58(41-33-31-40(32-34-41)45-26-16-30-54-56(45)49-24-12-14-29-53(49)59-54)52-28-15-25-44(39-19-7-4-8-20-39)55(52)48-23-10-9-21-43(48)38-17-5-3-6-18-38/h3-37H,1-2H3. The Bertz CT molecular complexity index is 3170. The van der Waals surface area contributed by atoms with Gasteiger partial charge in [0.25, 0.3) is 0 Å². The molecule has 0 radical (unpaired) electrons. The molecule has 1 nitrogen and oxygen atoms in total. The van der Waals surface area contributed by atoms with Crippen LogP contribution in [0.15, 0.2) is 212 Å². The predicted octanol–water partition coefficient (Wildman–Crippen LogP) is 16.5. The highest BCUT2D eigenvalue weighted by Gasteiger charge is 2.36. The molecule has 2 heteroatoms. The summed E-state index contributed by atoms with van der Waals surface area (Å²) in [4.78, 5) is 2.49. The van der Waals surface area contributed by atoms with Crippen molar-refractivity contribution in [1.29, 1.82) is 0 Å². The Morgan fingerprint density at radius 2 is 0.915 bits per heavy atom. The van der Waals surface area contributed by atoms with Gasteiger partial charge in [0.1, 0.15) is 0 Å². The smallest absolute Gasteiger partial charge is 0.0546 e. The van der Waals surface area contributed by atoms with Crippen LogP contribution in [-0.4, -0.2) is 0 Å². The summed E-state index contributed by atoms with van der Waals surface area (Å²) in [5.41, 5.74) is 18.2. The molecule has 0 saturated heterocycles. The van der Waals surface area contributed by atoms with Crippen molar-refractivity contribution in [3.05, 3.63) is 223 Å². The lowest BCUT2D eigenvalue weighted by Crippen LogP contribution is -2.17. The molecule has 0 amide bonds. The Kier molecular flexibility index (Phi) is 8.43. The maximum Gasteiger partial charge on any atom is 0.0546 e. The monoisotopic (exact) mass is 771 g/mol. The summed E-state index contributed by atoms with van der Waals surface area (Å²) in [6.07, 6.45) is 0. The molecule has 11 rings (SSSR count). The van der Waals surface area contributed by atoms with E-state index >= 15 is 0 Å². The molecule has 0 bridgehead atoms. The van der Waals surface area contributed by atoms with Crippen LogP contribution in [0, 0.1) is 0 Å². The molecule has 1 heterocycles. The molecule has 0 spiro atoms. The maximum atomic E-state index is 2.49. The van der Waals surface area contributed by atoms with Crippen molar-refractivity contribution in [2.45, 2.75) is 19.3 Å². The molecule has 0 aliphatic heterocycles. The zero-order chi connectivity index (χ0) is 39.5. The minimum atomic E-state index is -0.145. The number of hydrogen-bond donors (Lipinski definition) is 0. The van der Waals surface area contributed by atoms with Crippen molar-refractivity contribution in [2.75, 3.05) is 4.90 Å². The molecule has 1 aliphatic carbocycles. The first-order chi connectivity index (χ1) is 29.0. The van der Waals surface area contributed by atoms with Gasteiger partial charge in [0.2, 0.25) is 0 Å². The number of anilines is 3. The van der Waals surface area contributed by atoms with Gasteiger partial charge < -0.3 is 4.90 Å². The highest BCUT2D eigenvalue weighted by atomic mass is 32.1. The van der Waals surface area contributed by atoms with Gasteiger partial charge in [-0.1, -0.05) is 184 Å². The molecule has 280 valence electrons. The fraction of sp³-hybridized carbons (Fsp3) is 0.0526. The molecule has 0 atom stereocenters. The molecular formula is C57H41NS. The first-order valence-corrected chi connectivity index (χ1v) is 21.2. The number of nitrogens with zero attached hydrogens (tertiary/aromatic N) is 1. The highest BCUT2D eigenvalue weighted by molar-refractivity contribution is 7.25. The van der Waals surface area contributed by atoms with Gasteiger partial charge in [-0.25, -0.2) is 0 Å². The fourth-order valence-electron chi connectivity index (χ4n) is 9.50. The van der Waals surface area contributed by atoms with E-state index < -0.39 is 0 Å². The second-order valence-electron chi connectivity index (χ2n) is 16.0. The average molecular weight is 772 g/mol. The van der Waals surface area contributed by atoms with E-state index in [1.807, 2.05) is 11.3 Å². The lowest BCUT2D eigenvalue weighted by Gasteiger charge is -2.31. The molecule has 10 aromatic rings. The zero-order valence-corrected chi connectivity index (χ0v) is 33.9. The molecule has 0 fully saturated rings. The largest absolute Gasteiger partial charge is 0.310 e. The normalized spacial score (nSPS) is 12.7. The van der Waals surface area contributed by atoms with Crippen LogP contribution in [0.3, 0.4) is 0 Å². The van der Waals surface area contributed by atoms with Crippen LogP contribution in [-0.2, 0) is 5.41 Å². The van der Waals surface area contributed by atoms with Crippen molar-refractivity contribution >= 4 is 48.6 Å². The van der Waals surface area contributed by atoms with Crippen LogP contribution < -0.4 is 4.90 Å². The third kappa shape index (κ3) is 5.82. The van der Waals surface area contributed by atoms with Gasteiger partial charge >= 0.3 is 0 Å². The van der Waals surface area contributed by atoms with Gasteiger partial charge in [0.15, 0.2) is 0 Å². The molecule has 1 aliphatic rings. The molecule has 0 saturated carbocycles. The van der Waals surface area contributed by atoms with Crippen molar-refractivity contribution < 1.29 is 0 Å². The van der Waals surface area contributed by atoms with Crippen LogP contribution in [0.1, 0.15) is 25.0 Å². The Morgan fingerprint density at radius 3 is 1.69 bits per heavy atom. The van der Waals surface area contributed by atoms with E-state index in [4.69, 9.17) is 0 Å². The Hall–Kier alpha value is -7.00. The minimum absolute atomic E-state index is 0.145. The Balaban J connectivity index is 1.16. The summed E-state index contributed by atoms with van der Waals surface area (Å²) in [7, 11) is 0. The lowest BCUT2D eigenvalue weighted by molar-refractivity contribution is 0.660. The van der Waals surface area contributed by atoms with Gasteiger partial charge in [-0.3, -0.25) is 0 Å². The van der Waals surface area contributed by atoms with Gasteiger partial charge in [-0.05, 0) is 104 Å². The fourth-order valence-corrected chi connectivity index (χ4v) is 10.6. The lowest BCUT2D eigenvalue weighted by atomic mass is 9.82. The molecule has 59 heavy (non-hydrogen) atoms. The number of benzene rings is 9. The summed E-state index contributed by atoms with van der Waals surface area (Å²) >= 11 is 1.87. The maximum absolute atomic E-state index is 2.49. The van der Waals surface area contributed by atoms with Crippen molar-refractivity contribution in [3.8, 4) is 55.6 Å². The Morgan fingerprint density at radius 1 is 0.373 bits per heavy atom. The summed E-state index contributed by atoms with van der Waals surface area (Å²) in [5.74, 6) is 0. The van der Waals surface area contributed by atoms with Gasteiger partial charge in [0, 0.05) is 42.5 Å². The van der Waals surface area contributed by atoms with E-state index in [9.17, 15) is 0 Å². The van der Waals surface area contributed by atoms with E-state index in [0.29, 0.717) is 0 Å². The summed E-state index contributed by atoms with van der Waals surface area (Å²) in [5, 5.41) is 2.64. The molecular weight excluding hydrogens is 731 g/mol. The molecule has 1 aromatic heterocycles. The summed E-state index contributed by atoms with van der Waals surface area (Å²) in [6, 6.07) is 78.2. The van der Waals surface area contributed by atoms with Crippen molar-refractivity contribution in [3.63, 3.8) is 0 Å². The topological polar surface area (TPSA) is 3.24 Å². The summed E-state index contributed by atoms with van der Waals surface area (Å²) in [6.45, 7) is 4.74. The van der Waals surface area contributed by atoms with Gasteiger partial charge in [-0.15, -0.1) is 11.3 Å². The highest BCUT2D eigenvalue weighted by Crippen LogP contribution is 2.53. The van der Waals surface area contributed by atoms with Crippen LogP contribution in [0.4, 0.5) is 17.1 Å². The SMILES string of the molecule is CC1(C)c2ccccc2-c2ccc(N(c3ccc(-c4cccc5sc6ccccc6c45)cc3)c3cccc(-c4ccccc4)c3-c3ccccc3-c3ccccc3)cc21. The number of hydrogen-bond acceptors (Lipinski definition) is 2. The zero-order valence-electron chi connectivity index (χ0n) is 33.1. The van der Waals surface area contributed by atoms with Crippen LogP contribution in [0.2, 0.25) is 0 Å². The van der Waals surface area contributed by atoms with E-state index in [1.165, 1.54) is 86.9 Å². The van der Waals surface area contributed by atoms with Gasteiger partial charge in [0.05, 0.1) is 5.69 Å². The minimum Gasteiger partial charge on any atom is -0.310 e.